The molecule has 158 valence electrons. The number of aromatic nitrogens is 4. The zero-order chi connectivity index (χ0) is 21.3. The van der Waals surface area contributed by atoms with Crippen LogP contribution in [-0.4, -0.2) is 53.8 Å². The van der Waals surface area contributed by atoms with Crippen LogP contribution < -0.4 is 5.56 Å². The predicted octanol–water partition coefficient (Wildman–Crippen LogP) is 2.20. The molecular weight excluding hydrogens is 450 g/mol. The van der Waals surface area contributed by atoms with Crippen LogP contribution in [0.15, 0.2) is 52.3 Å². The number of hydrogen-bond donors (Lipinski definition) is 1. The number of halogens is 1. The number of rotatable bonds is 5. The van der Waals surface area contributed by atoms with Crippen molar-refractivity contribution in [3.63, 3.8) is 0 Å². The smallest absolute Gasteiger partial charge is 0.297 e. The molecule has 1 amide bonds. The van der Waals surface area contributed by atoms with Gasteiger partial charge in [0.05, 0.1) is 18.3 Å². The van der Waals surface area contributed by atoms with Gasteiger partial charge in [-0.05, 0) is 40.3 Å². The van der Waals surface area contributed by atoms with Crippen LogP contribution in [0.3, 0.4) is 0 Å². The predicted molar refractivity (Wildman–Crippen MR) is 115 cm³/mol. The number of nitrogens with zero attached hydrogens (tertiary/aromatic N) is 5. The fourth-order valence-electron chi connectivity index (χ4n) is 3.93. The fourth-order valence-corrected chi connectivity index (χ4v) is 4.29. The summed E-state index contributed by atoms with van der Waals surface area (Å²) in [6.45, 7) is 3.12. The summed E-state index contributed by atoms with van der Waals surface area (Å²) in [6.07, 6.45) is 4.20. The first kappa shape index (κ1) is 20.7. The third-order valence-electron chi connectivity index (χ3n) is 5.82. The van der Waals surface area contributed by atoms with Crippen LogP contribution in [0.4, 0.5) is 0 Å². The van der Waals surface area contributed by atoms with E-state index in [0.29, 0.717) is 37.0 Å². The molecule has 1 aromatic carbocycles. The van der Waals surface area contributed by atoms with Gasteiger partial charge in [-0.15, -0.1) is 0 Å². The summed E-state index contributed by atoms with van der Waals surface area (Å²) in [4.78, 5) is 31.2. The van der Waals surface area contributed by atoms with Crippen LogP contribution in [0.1, 0.15) is 37.7 Å². The zero-order valence-corrected chi connectivity index (χ0v) is 18.3. The average molecular weight is 474 g/mol. The molecule has 0 saturated carbocycles. The average Bonchev–Trinajstić information content (AvgIpc) is 3.12. The lowest BCUT2D eigenvalue weighted by atomic mass is 9.90. The minimum Gasteiger partial charge on any atom is -0.388 e. The Bertz CT molecular complexity index is 1100. The minimum absolute atomic E-state index is 0.0934. The monoisotopic (exact) mass is 473 g/mol. The van der Waals surface area contributed by atoms with Crippen LogP contribution in [0.2, 0.25) is 0 Å². The number of hydrogen-bond acceptors (Lipinski definition) is 5. The number of imidazole rings is 1. The Hall–Kier alpha value is -2.52. The van der Waals surface area contributed by atoms with E-state index in [1.54, 1.807) is 0 Å². The SMILES string of the molecule is C[C@H](CC(=O)N1CCC(O)(Cn2cnn3c(Br)cnc3c2=O)CC1)c1ccccc1. The van der Waals surface area contributed by atoms with E-state index in [9.17, 15) is 14.7 Å². The second-order valence-corrected chi connectivity index (χ2v) is 8.81. The van der Waals surface area contributed by atoms with Crippen molar-refractivity contribution < 1.29 is 9.90 Å². The van der Waals surface area contributed by atoms with Crippen LogP contribution in [0.5, 0.6) is 0 Å². The van der Waals surface area contributed by atoms with E-state index in [2.05, 4.69) is 32.9 Å². The Kier molecular flexibility index (Phi) is 5.75. The first-order chi connectivity index (χ1) is 14.4. The summed E-state index contributed by atoms with van der Waals surface area (Å²) in [7, 11) is 0. The van der Waals surface area contributed by atoms with Gasteiger partial charge in [0.2, 0.25) is 11.6 Å². The molecule has 1 aliphatic heterocycles. The molecule has 9 heteroatoms. The highest BCUT2D eigenvalue weighted by Gasteiger charge is 2.35. The third-order valence-corrected chi connectivity index (χ3v) is 6.36. The quantitative estimate of drug-likeness (QED) is 0.612. The van der Waals surface area contributed by atoms with Gasteiger partial charge < -0.3 is 10.0 Å². The van der Waals surface area contributed by atoms with Gasteiger partial charge in [-0.2, -0.15) is 5.10 Å². The van der Waals surface area contributed by atoms with Crippen LogP contribution >= 0.6 is 15.9 Å². The lowest BCUT2D eigenvalue weighted by Gasteiger charge is -2.38. The van der Waals surface area contributed by atoms with Gasteiger partial charge in [-0.1, -0.05) is 37.3 Å². The van der Waals surface area contributed by atoms with Crippen molar-refractivity contribution in [1.82, 2.24) is 24.1 Å². The van der Waals surface area contributed by atoms with Gasteiger partial charge in [-0.3, -0.25) is 14.2 Å². The standard InChI is InChI=1S/C21H24BrN5O3/c1-15(16-5-3-2-4-6-16)11-18(28)25-9-7-21(30,8-10-25)13-26-14-24-27-17(22)12-23-19(27)20(26)29/h2-6,12,14-15,30H,7-11,13H2,1H3/t15-/m1/s1. The van der Waals surface area contributed by atoms with E-state index >= 15 is 0 Å². The summed E-state index contributed by atoms with van der Waals surface area (Å²) in [5, 5.41) is 15.2. The summed E-state index contributed by atoms with van der Waals surface area (Å²) in [6, 6.07) is 10.00. The highest BCUT2D eigenvalue weighted by atomic mass is 79.9. The van der Waals surface area contributed by atoms with E-state index in [1.165, 1.54) is 21.6 Å². The number of piperidine rings is 1. The first-order valence-corrected chi connectivity index (χ1v) is 10.8. The number of aliphatic hydroxyl groups is 1. The molecule has 8 nitrogen and oxygen atoms in total. The molecule has 0 radical (unpaired) electrons. The summed E-state index contributed by atoms with van der Waals surface area (Å²) in [5.74, 6) is 0.237. The Balaban J connectivity index is 1.38. The molecule has 0 unspecified atom stereocenters. The number of carbonyl (C=O) groups is 1. The maximum Gasteiger partial charge on any atom is 0.297 e. The van der Waals surface area contributed by atoms with E-state index in [4.69, 9.17) is 0 Å². The number of carbonyl (C=O) groups excluding carboxylic acids is 1. The number of benzene rings is 1. The Labute approximate surface area is 182 Å². The maximum atomic E-state index is 12.7. The van der Waals surface area contributed by atoms with Crippen LogP contribution in [0, 0.1) is 0 Å². The second-order valence-electron chi connectivity index (χ2n) is 8.00. The van der Waals surface area contributed by atoms with Crippen molar-refractivity contribution in [3.05, 3.63) is 63.4 Å². The topological polar surface area (TPSA) is 92.7 Å². The van der Waals surface area contributed by atoms with Crippen molar-refractivity contribution in [1.29, 1.82) is 0 Å². The Morgan fingerprint density at radius 3 is 2.67 bits per heavy atom. The second kappa shape index (κ2) is 8.31. The lowest BCUT2D eigenvalue weighted by Crippen LogP contribution is -2.50. The molecular formula is C21H24BrN5O3. The minimum atomic E-state index is -1.06. The van der Waals surface area contributed by atoms with Crippen molar-refractivity contribution in [2.45, 2.75) is 44.2 Å². The van der Waals surface area contributed by atoms with Gasteiger partial charge >= 0.3 is 0 Å². The van der Waals surface area contributed by atoms with Crippen molar-refractivity contribution in [2.24, 2.45) is 0 Å². The highest BCUT2D eigenvalue weighted by molar-refractivity contribution is 9.10. The largest absolute Gasteiger partial charge is 0.388 e. The molecule has 2 aromatic heterocycles. The molecule has 1 N–H and O–H groups in total. The Morgan fingerprint density at radius 2 is 1.97 bits per heavy atom. The molecule has 0 bridgehead atoms. The normalized spacial score (nSPS) is 17.2. The zero-order valence-electron chi connectivity index (χ0n) is 16.7. The van der Waals surface area contributed by atoms with Gasteiger partial charge in [0.1, 0.15) is 10.9 Å². The van der Waals surface area contributed by atoms with E-state index < -0.39 is 5.60 Å². The van der Waals surface area contributed by atoms with Crippen molar-refractivity contribution in [3.8, 4) is 0 Å². The molecule has 1 saturated heterocycles. The highest BCUT2D eigenvalue weighted by Crippen LogP contribution is 2.26. The number of amides is 1. The molecule has 30 heavy (non-hydrogen) atoms. The molecule has 1 atom stereocenters. The fraction of sp³-hybridized carbons (Fsp3) is 0.429. The number of likely N-dealkylation sites (tertiary alicyclic amines) is 1. The van der Waals surface area contributed by atoms with Gasteiger partial charge in [0.25, 0.3) is 5.56 Å². The third kappa shape index (κ3) is 4.17. The molecule has 1 fully saturated rings. The molecule has 3 aromatic rings. The van der Waals surface area contributed by atoms with Gasteiger partial charge in [-0.25, -0.2) is 9.50 Å². The van der Waals surface area contributed by atoms with Crippen molar-refractivity contribution in [2.75, 3.05) is 13.1 Å². The maximum absolute atomic E-state index is 12.7. The van der Waals surface area contributed by atoms with E-state index in [0.717, 1.165) is 5.56 Å². The first-order valence-electron chi connectivity index (χ1n) is 10.00. The number of fused-ring (bicyclic) bond motifs is 1. The molecule has 0 spiro atoms. The van der Waals surface area contributed by atoms with Crippen LogP contribution in [-0.2, 0) is 11.3 Å². The molecule has 0 aliphatic carbocycles. The van der Waals surface area contributed by atoms with Crippen molar-refractivity contribution >= 4 is 27.5 Å². The molecule has 4 rings (SSSR count). The lowest BCUT2D eigenvalue weighted by molar-refractivity contribution is -0.136. The Morgan fingerprint density at radius 1 is 1.27 bits per heavy atom. The van der Waals surface area contributed by atoms with E-state index in [1.807, 2.05) is 35.2 Å². The van der Waals surface area contributed by atoms with Crippen LogP contribution in [0.25, 0.3) is 5.65 Å². The summed E-state index contributed by atoms with van der Waals surface area (Å²) >= 11 is 3.29. The van der Waals surface area contributed by atoms with Gasteiger partial charge in [0, 0.05) is 19.5 Å². The molecule has 3 heterocycles. The van der Waals surface area contributed by atoms with Gasteiger partial charge in [0.15, 0.2) is 0 Å². The molecule has 1 aliphatic rings. The summed E-state index contributed by atoms with van der Waals surface area (Å²) < 4.78 is 3.40. The van der Waals surface area contributed by atoms with E-state index in [-0.39, 0.29) is 29.6 Å². The summed E-state index contributed by atoms with van der Waals surface area (Å²) in [5.41, 5.74) is -0.0164.